The Labute approximate surface area is 77.7 Å². The van der Waals surface area contributed by atoms with Crippen LogP contribution in [0.25, 0.3) is 0 Å². The van der Waals surface area contributed by atoms with Crippen LogP contribution in [0.4, 0.5) is 0 Å². The lowest BCUT2D eigenvalue weighted by molar-refractivity contribution is -0.168. The molecule has 72 valence electrons. The highest BCUT2D eigenvalue weighted by Crippen LogP contribution is 2.32. The summed E-state index contributed by atoms with van der Waals surface area (Å²) in [6.07, 6.45) is 6.01. The normalized spacial score (nSPS) is 36.2. The van der Waals surface area contributed by atoms with Gasteiger partial charge in [0.2, 0.25) is 0 Å². The van der Waals surface area contributed by atoms with E-state index >= 15 is 0 Å². The lowest BCUT2D eigenvalue weighted by Gasteiger charge is -2.36. The van der Waals surface area contributed by atoms with E-state index in [1.807, 2.05) is 13.0 Å². The fraction of sp³-hybridized carbons (Fsp3) is 0.700. The minimum Gasteiger partial charge on any atom is -0.464 e. The maximum atomic E-state index is 11.4. The number of carbonyl (C=O) groups excluding carboxylic acids is 1. The molecule has 0 spiro atoms. The maximum absolute atomic E-state index is 11.4. The smallest absolute Gasteiger partial charge is 0.335 e. The summed E-state index contributed by atoms with van der Waals surface area (Å²) in [4.78, 5) is 11.4. The number of rotatable bonds is 2. The Kier molecular flexibility index (Phi) is 2.36. The van der Waals surface area contributed by atoms with E-state index < -0.39 is 0 Å². The van der Waals surface area contributed by atoms with Crippen molar-refractivity contribution >= 4 is 5.97 Å². The molecule has 0 saturated carbocycles. The number of ether oxygens (including phenoxy) is 2. The predicted molar refractivity (Wildman–Crippen MR) is 47.2 cm³/mol. The standard InChI is InChI=1S/C10H14O3/c1-2-12-10(11)9-7-3-5-8(13-9)6-4-7/h3,5,7-9H,2,4,6H2,1H3/t7-,8+,9+/m1/s1. The second-order valence-corrected chi connectivity index (χ2v) is 3.47. The van der Waals surface area contributed by atoms with E-state index in [-0.39, 0.29) is 24.1 Å². The summed E-state index contributed by atoms with van der Waals surface area (Å²) >= 11 is 0. The van der Waals surface area contributed by atoms with Crippen LogP contribution in [0, 0.1) is 5.92 Å². The van der Waals surface area contributed by atoms with E-state index in [0.29, 0.717) is 6.61 Å². The zero-order chi connectivity index (χ0) is 9.26. The first-order chi connectivity index (χ1) is 6.31. The Hall–Kier alpha value is -0.830. The molecule has 3 rings (SSSR count). The van der Waals surface area contributed by atoms with Gasteiger partial charge in [-0.25, -0.2) is 4.79 Å². The van der Waals surface area contributed by atoms with Crippen molar-refractivity contribution < 1.29 is 14.3 Å². The molecule has 3 atom stereocenters. The highest BCUT2D eigenvalue weighted by Gasteiger charge is 2.38. The zero-order valence-electron chi connectivity index (χ0n) is 7.73. The van der Waals surface area contributed by atoms with Crippen molar-refractivity contribution in [2.75, 3.05) is 6.61 Å². The molecular formula is C10H14O3. The van der Waals surface area contributed by atoms with Gasteiger partial charge in [-0.2, -0.15) is 0 Å². The van der Waals surface area contributed by atoms with E-state index in [1.54, 1.807) is 0 Å². The van der Waals surface area contributed by atoms with Gasteiger partial charge >= 0.3 is 5.97 Å². The summed E-state index contributed by atoms with van der Waals surface area (Å²) in [5.74, 6) is 0.0330. The number of hydrogen-bond acceptors (Lipinski definition) is 3. The molecule has 13 heavy (non-hydrogen) atoms. The number of carbonyl (C=O) groups is 1. The van der Waals surface area contributed by atoms with Gasteiger partial charge in [0, 0.05) is 5.92 Å². The van der Waals surface area contributed by atoms with Crippen molar-refractivity contribution in [2.24, 2.45) is 5.92 Å². The van der Waals surface area contributed by atoms with Crippen molar-refractivity contribution in [3.63, 3.8) is 0 Å². The van der Waals surface area contributed by atoms with Gasteiger partial charge in [-0.1, -0.05) is 12.2 Å². The molecule has 2 aliphatic heterocycles. The molecule has 0 radical (unpaired) electrons. The van der Waals surface area contributed by atoms with Gasteiger partial charge < -0.3 is 9.47 Å². The average Bonchev–Trinajstić information content (AvgIpc) is 2.20. The van der Waals surface area contributed by atoms with Crippen LogP contribution in [-0.2, 0) is 14.3 Å². The highest BCUT2D eigenvalue weighted by atomic mass is 16.6. The Balaban J connectivity index is 2.02. The van der Waals surface area contributed by atoms with Crippen LogP contribution < -0.4 is 0 Å². The molecule has 0 aromatic rings. The molecule has 0 aromatic carbocycles. The molecule has 0 unspecified atom stereocenters. The highest BCUT2D eigenvalue weighted by molar-refractivity contribution is 5.75. The van der Waals surface area contributed by atoms with Crippen LogP contribution in [0.15, 0.2) is 12.2 Å². The van der Waals surface area contributed by atoms with Crippen LogP contribution in [0.5, 0.6) is 0 Å². The molecule has 3 heteroatoms. The van der Waals surface area contributed by atoms with E-state index in [2.05, 4.69) is 6.08 Å². The summed E-state index contributed by atoms with van der Waals surface area (Å²) in [5.41, 5.74) is 0. The van der Waals surface area contributed by atoms with Crippen molar-refractivity contribution in [3.8, 4) is 0 Å². The molecule has 2 bridgehead atoms. The Morgan fingerprint density at radius 2 is 2.38 bits per heavy atom. The molecule has 0 amide bonds. The summed E-state index contributed by atoms with van der Waals surface area (Å²) in [5, 5.41) is 0. The number of hydrogen-bond donors (Lipinski definition) is 0. The second-order valence-electron chi connectivity index (χ2n) is 3.47. The van der Waals surface area contributed by atoms with Gasteiger partial charge in [0.25, 0.3) is 0 Å². The topological polar surface area (TPSA) is 35.5 Å². The van der Waals surface area contributed by atoms with Gasteiger partial charge in [0.15, 0.2) is 6.10 Å². The molecule has 1 saturated heterocycles. The third-order valence-electron chi connectivity index (χ3n) is 2.59. The Morgan fingerprint density at radius 1 is 1.54 bits per heavy atom. The molecule has 1 fully saturated rings. The van der Waals surface area contributed by atoms with E-state index in [1.165, 1.54) is 0 Å². The first kappa shape index (κ1) is 8.75. The molecule has 0 N–H and O–H groups in total. The minimum atomic E-state index is -0.344. The molecule has 3 aliphatic rings. The fourth-order valence-electron chi connectivity index (χ4n) is 1.93. The zero-order valence-corrected chi connectivity index (χ0v) is 7.73. The maximum Gasteiger partial charge on any atom is 0.335 e. The first-order valence-corrected chi connectivity index (χ1v) is 4.81. The first-order valence-electron chi connectivity index (χ1n) is 4.81. The van der Waals surface area contributed by atoms with Crippen molar-refractivity contribution in [1.29, 1.82) is 0 Å². The van der Waals surface area contributed by atoms with Gasteiger partial charge in [0.1, 0.15) is 0 Å². The minimum absolute atomic E-state index is 0.138. The molecule has 2 heterocycles. The lowest BCUT2D eigenvalue weighted by Crippen LogP contribution is -2.43. The van der Waals surface area contributed by atoms with Crippen LogP contribution in [0.1, 0.15) is 19.8 Å². The van der Waals surface area contributed by atoms with Gasteiger partial charge in [-0.05, 0) is 19.8 Å². The SMILES string of the molecule is CCOC(=O)[C@H]1O[C@H]2C=C[C@@H]1CC2. The van der Waals surface area contributed by atoms with Crippen molar-refractivity contribution in [1.82, 2.24) is 0 Å². The second kappa shape index (κ2) is 3.50. The molecular weight excluding hydrogens is 168 g/mol. The van der Waals surface area contributed by atoms with Gasteiger partial charge in [-0.15, -0.1) is 0 Å². The van der Waals surface area contributed by atoms with Crippen molar-refractivity contribution in [2.45, 2.75) is 32.0 Å². The van der Waals surface area contributed by atoms with E-state index in [9.17, 15) is 4.79 Å². The van der Waals surface area contributed by atoms with Gasteiger partial charge in [0.05, 0.1) is 12.7 Å². The average molecular weight is 182 g/mol. The predicted octanol–water partition coefficient (Wildman–Crippen LogP) is 1.28. The lowest BCUT2D eigenvalue weighted by atomic mass is 9.86. The van der Waals surface area contributed by atoms with Crippen molar-refractivity contribution in [3.05, 3.63) is 12.2 Å². The summed E-state index contributed by atoms with van der Waals surface area (Å²) in [6.45, 7) is 2.24. The van der Waals surface area contributed by atoms with Gasteiger partial charge in [-0.3, -0.25) is 0 Å². The molecule has 1 aliphatic carbocycles. The summed E-state index contributed by atoms with van der Waals surface area (Å²) < 4.78 is 10.5. The quantitative estimate of drug-likeness (QED) is 0.476. The van der Waals surface area contributed by atoms with E-state index in [4.69, 9.17) is 9.47 Å². The fourth-order valence-corrected chi connectivity index (χ4v) is 1.93. The summed E-state index contributed by atoms with van der Waals surface area (Å²) in [6, 6.07) is 0. The van der Waals surface area contributed by atoms with E-state index in [0.717, 1.165) is 12.8 Å². The monoisotopic (exact) mass is 182 g/mol. The summed E-state index contributed by atoms with van der Waals surface area (Å²) in [7, 11) is 0. The van der Waals surface area contributed by atoms with Crippen LogP contribution in [-0.4, -0.2) is 24.8 Å². The van der Waals surface area contributed by atoms with Crippen LogP contribution in [0.3, 0.4) is 0 Å². The number of fused-ring (bicyclic) bond motifs is 2. The number of esters is 1. The Bertz CT molecular complexity index is 234. The largest absolute Gasteiger partial charge is 0.464 e. The third kappa shape index (κ3) is 1.61. The van der Waals surface area contributed by atoms with Crippen LogP contribution in [0.2, 0.25) is 0 Å². The third-order valence-corrected chi connectivity index (χ3v) is 2.59. The Morgan fingerprint density at radius 3 is 2.85 bits per heavy atom. The molecule has 0 aromatic heterocycles. The van der Waals surface area contributed by atoms with Crippen LogP contribution >= 0.6 is 0 Å². The molecule has 3 nitrogen and oxygen atoms in total.